The molecule has 0 aliphatic heterocycles. The molecule has 0 heterocycles. The zero-order chi connectivity index (χ0) is 13.9. The van der Waals surface area contributed by atoms with Gasteiger partial charge in [0.15, 0.2) is 0 Å². The van der Waals surface area contributed by atoms with Crippen molar-refractivity contribution in [3.63, 3.8) is 0 Å². The zero-order valence-corrected chi connectivity index (χ0v) is 9.89. The summed E-state index contributed by atoms with van der Waals surface area (Å²) >= 11 is 0. The number of rotatable bonds is 5. The fraction of sp³-hybridized carbons (Fsp3) is 0.800. The lowest BCUT2D eigenvalue weighted by Gasteiger charge is -2.27. The summed E-state index contributed by atoms with van der Waals surface area (Å²) in [6.07, 6.45) is -5.19. The molecule has 0 saturated carbocycles. The molecular weight excluding hydrogens is 239 g/mol. The van der Waals surface area contributed by atoms with E-state index >= 15 is 0 Å². The summed E-state index contributed by atoms with van der Waals surface area (Å²) in [5.74, 6) is -2.74. The molecule has 1 unspecified atom stereocenters. The van der Waals surface area contributed by atoms with Gasteiger partial charge < -0.3 is 10.4 Å². The molecule has 0 aromatic carbocycles. The number of hydrogen-bond acceptors (Lipinski definition) is 2. The van der Waals surface area contributed by atoms with Crippen molar-refractivity contribution in [2.45, 2.75) is 33.4 Å². The zero-order valence-electron chi connectivity index (χ0n) is 9.89. The highest BCUT2D eigenvalue weighted by molar-refractivity contribution is 5.77. The molecule has 100 valence electrons. The summed E-state index contributed by atoms with van der Waals surface area (Å²) in [5.41, 5.74) is -2.12. The third-order valence-electron chi connectivity index (χ3n) is 2.40. The molecule has 7 heteroatoms. The molecule has 0 aliphatic carbocycles. The molecule has 2 N–H and O–H groups in total. The van der Waals surface area contributed by atoms with Gasteiger partial charge in [-0.15, -0.1) is 0 Å². The number of carbonyl (C=O) groups excluding carboxylic acids is 1. The maximum Gasteiger partial charge on any atom is 0.394 e. The van der Waals surface area contributed by atoms with Gasteiger partial charge in [0.05, 0.1) is 11.3 Å². The second kappa shape index (κ2) is 5.37. The van der Waals surface area contributed by atoms with Crippen LogP contribution in [0.1, 0.15) is 27.2 Å². The average molecular weight is 255 g/mol. The van der Waals surface area contributed by atoms with E-state index in [1.165, 1.54) is 6.92 Å². The quantitative estimate of drug-likeness (QED) is 0.787. The van der Waals surface area contributed by atoms with Crippen molar-refractivity contribution in [3.05, 3.63) is 0 Å². The van der Waals surface area contributed by atoms with Gasteiger partial charge in [-0.25, -0.2) is 0 Å². The smallest absolute Gasteiger partial charge is 0.394 e. The molecule has 1 amide bonds. The van der Waals surface area contributed by atoms with Gasteiger partial charge in [-0.1, -0.05) is 20.8 Å². The molecule has 17 heavy (non-hydrogen) atoms. The highest BCUT2D eigenvalue weighted by atomic mass is 19.4. The van der Waals surface area contributed by atoms with Crippen LogP contribution in [0.4, 0.5) is 13.2 Å². The average Bonchev–Trinajstić information content (AvgIpc) is 2.11. The minimum atomic E-state index is -4.47. The Hall–Kier alpha value is -1.27. The van der Waals surface area contributed by atoms with Crippen LogP contribution in [0.25, 0.3) is 0 Å². The Balaban J connectivity index is 4.25. The Labute approximate surface area is 97.2 Å². The first-order valence-electron chi connectivity index (χ1n) is 5.03. The molecule has 1 atom stereocenters. The summed E-state index contributed by atoms with van der Waals surface area (Å²) in [7, 11) is 0. The highest BCUT2D eigenvalue weighted by Gasteiger charge is 2.48. The maximum atomic E-state index is 12.4. The van der Waals surface area contributed by atoms with Crippen molar-refractivity contribution < 1.29 is 27.9 Å². The van der Waals surface area contributed by atoms with Gasteiger partial charge in [-0.05, 0) is 0 Å². The Morgan fingerprint density at radius 3 is 2.12 bits per heavy atom. The minimum absolute atomic E-state index is 0.178. The van der Waals surface area contributed by atoms with E-state index in [9.17, 15) is 22.8 Å². The van der Waals surface area contributed by atoms with E-state index in [1.807, 2.05) is 0 Å². The second-order valence-corrected chi connectivity index (χ2v) is 4.60. The van der Waals surface area contributed by atoms with Crippen LogP contribution in [0, 0.1) is 11.3 Å². The van der Waals surface area contributed by atoms with Crippen molar-refractivity contribution >= 4 is 11.9 Å². The van der Waals surface area contributed by atoms with Gasteiger partial charge in [0, 0.05) is 13.0 Å². The Morgan fingerprint density at radius 2 is 1.76 bits per heavy atom. The summed E-state index contributed by atoms with van der Waals surface area (Å²) in [6.45, 7) is 3.03. The third-order valence-corrected chi connectivity index (χ3v) is 2.40. The Morgan fingerprint density at radius 1 is 1.29 bits per heavy atom. The van der Waals surface area contributed by atoms with Crippen molar-refractivity contribution in [1.82, 2.24) is 5.32 Å². The number of amides is 1. The predicted molar refractivity (Wildman–Crippen MR) is 54.3 cm³/mol. The lowest BCUT2D eigenvalue weighted by molar-refractivity contribution is -0.213. The van der Waals surface area contributed by atoms with E-state index in [-0.39, 0.29) is 6.54 Å². The van der Waals surface area contributed by atoms with Crippen molar-refractivity contribution in [2.24, 2.45) is 11.3 Å². The van der Waals surface area contributed by atoms with E-state index in [0.29, 0.717) is 0 Å². The predicted octanol–water partition coefficient (Wildman–Crippen LogP) is 1.80. The highest BCUT2D eigenvalue weighted by Crippen LogP contribution is 2.40. The molecule has 0 bridgehead atoms. The van der Waals surface area contributed by atoms with Crippen LogP contribution >= 0.6 is 0 Å². The second-order valence-electron chi connectivity index (χ2n) is 4.60. The van der Waals surface area contributed by atoms with E-state index in [4.69, 9.17) is 5.11 Å². The molecule has 0 spiro atoms. The Bertz CT molecular complexity index is 300. The monoisotopic (exact) mass is 255 g/mol. The van der Waals surface area contributed by atoms with Gasteiger partial charge in [-0.3, -0.25) is 9.59 Å². The fourth-order valence-electron chi connectivity index (χ4n) is 0.918. The lowest BCUT2D eigenvalue weighted by atomic mass is 9.88. The van der Waals surface area contributed by atoms with E-state index in [0.717, 1.165) is 13.8 Å². The van der Waals surface area contributed by atoms with Gasteiger partial charge in [0.1, 0.15) is 0 Å². The molecule has 0 rings (SSSR count). The topological polar surface area (TPSA) is 66.4 Å². The van der Waals surface area contributed by atoms with E-state index in [2.05, 4.69) is 5.32 Å². The third kappa shape index (κ3) is 5.06. The van der Waals surface area contributed by atoms with Crippen LogP contribution in [-0.2, 0) is 9.59 Å². The molecule has 0 fully saturated rings. The molecule has 0 aliphatic rings. The first-order chi connectivity index (χ1) is 7.47. The molecule has 0 aromatic rings. The normalized spacial score (nSPS) is 14.2. The molecule has 0 aromatic heterocycles. The van der Waals surface area contributed by atoms with Gasteiger partial charge >= 0.3 is 12.1 Å². The van der Waals surface area contributed by atoms with E-state index in [1.54, 1.807) is 0 Å². The van der Waals surface area contributed by atoms with Gasteiger partial charge in [0.25, 0.3) is 0 Å². The van der Waals surface area contributed by atoms with E-state index < -0.39 is 35.8 Å². The number of nitrogens with one attached hydrogen (secondary N) is 1. The largest absolute Gasteiger partial charge is 0.481 e. The number of carbonyl (C=O) groups is 2. The fourth-order valence-corrected chi connectivity index (χ4v) is 0.918. The van der Waals surface area contributed by atoms with Crippen LogP contribution in [0.5, 0.6) is 0 Å². The standard InChI is InChI=1S/C10H16F3NO3/c1-6(8(16)17)5-14-7(15)4-9(2,3)10(11,12)13/h6H,4-5H2,1-3H3,(H,14,15)(H,16,17). The summed E-state index contributed by atoms with van der Waals surface area (Å²) in [4.78, 5) is 21.7. The number of hydrogen-bond donors (Lipinski definition) is 2. The number of carboxylic acid groups (broad SMARTS) is 1. The molecule has 0 radical (unpaired) electrons. The SMILES string of the molecule is CC(CNC(=O)CC(C)(C)C(F)(F)F)C(=O)O. The van der Waals surface area contributed by atoms with Crippen LogP contribution in [0.15, 0.2) is 0 Å². The maximum absolute atomic E-state index is 12.4. The lowest BCUT2D eigenvalue weighted by Crippen LogP contribution is -2.39. The first-order valence-corrected chi connectivity index (χ1v) is 5.03. The van der Waals surface area contributed by atoms with Crippen molar-refractivity contribution in [3.8, 4) is 0 Å². The number of aliphatic carboxylic acids is 1. The van der Waals surface area contributed by atoms with Crippen LogP contribution in [0.2, 0.25) is 0 Å². The molecule has 0 saturated heterocycles. The number of carboxylic acids is 1. The van der Waals surface area contributed by atoms with Crippen LogP contribution in [-0.4, -0.2) is 29.7 Å². The summed E-state index contributed by atoms with van der Waals surface area (Å²) < 4.78 is 37.3. The molecule has 4 nitrogen and oxygen atoms in total. The minimum Gasteiger partial charge on any atom is -0.481 e. The van der Waals surface area contributed by atoms with Crippen LogP contribution < -0.4 is 5.32 Å². The van der Waals surface area contributed by atoms with Crippen LogP contribution in [0.3, 0.4) is 0 Å². The van der Waals surface area contributed by atoms with Crippen molar-refractivity contribution in [1.29, 1.82) is 0 Å². The molecular formula is C10H16F3NO3. The summed E-state index contributed by atoms with van der Waals surface area (Å²) in [6, 6.07) is 0. The number of alkyl halides is 3. The van der Waals surface area contributed by atoms with Gasteiger partial charge in [0.2, 0.25) is 5.91 Å². The van der Waals surface area contributed by atoms with Crippen molar-refractivity contribution in [2.75, 3.05) is 6.54 Å². The van der Waals surface area contributed by atoms with Gasteiger partial charge in [-0.2, -0.15) is 13.2 Å². The number of halogens is 3. The Kier molecular flexibility index (Phi) is 4.97. The first kappa shape index (κ1) is 15.7. The summed E-state index contributed by atoms with van der Waals surface area (Å²) in [5, 5.41) is 10.7.